The second kappa shape index (κ2) is 12.6. The van der Waals surface area contributed by atoms with Crippen molar-refractivity contribution in [3.63, 3.8) is 0 Å². The number of hydrogen-bond donors (Lipinski definition) is 3. The Hall–Kier alpha value is -3.10. The van der Waals surface area contributed by atoms with Crippen LogP contribution >= 0.6 is 0 Å². The highest BCUT2D eigenvalue weighted by atomic mass is 16.5. The van der Waals surface area contributed by atoms with Crippen molar-refractivity contribution in [2.75, 3.05) is 68.0 Å². The second-order valence-electron chi connectivity index (χ2n) is 9.08. The van der Waals surface area contributed by atoms with Gasteiger partial charge in [0.15, 0.2) is 0 Å². The van der Waals surface area contributed by atoms with Crippen LogP contribution in [0.25, 0.3) is 0 Å². The fraction of sp³-hybridized carbons (Fsp3) is 0.481. The molecule has 2 aromatic carbocycles. The summed E-state index contributed by atoms with van der Waals surface area (Å²) in [5, 5.41) is 8.91. The molecule has 2 heterocycles. The molecule has 0 aliphatic carbocycles. The number of carbonyl (C=O) groups excluding carboxylic acids is 2. The Morgan fingerprint density at radius 1 is 0.971 bits per heavy atom. The summed E-state index contributed by atoms with van der Waals surface area (Å²) in [7, 11) is 0. The molecule has 2 aliphatic heterocycles. The van der Waals surface area contributed by atoms with Crippen LogP contribution in [0.3, 0.4) is 0 Å². The van der Waals surface area contributed by atoms with Crippen molar-refractivity contribution in [3.8, 4) is 0 Å². The number of para-hydroxylation sites is 1. The number of carbonyl (C=O) groups is 2. The molecule has 2 saturated heterocycles. The van der Waals surface area contributed by atoms with Gasteiger partial charge in [0.25, 0.3) is 5.91 Å². The van der Waals surface area contributed by atoms with E-state index in [9.17, 15) is 9.59 Å². The van der Waals surface area contributed by atoms with Crippen LogP contribution in [0.2, 0.25) is 0 Å². The molecule has 188 valence electrons. The van der Waals surface area contributed by atoms with E-state index < -0.39 is 0 Å². The molecule has 3 amide bonds. The van der Waals surface area contributed by atoms with E-state index in [1.165, 1.54) is 0 Å². The van der Waals surface area contributed by atoms with Crippen molar-refractivity contribution in [1.29, 1.82) is 0 Å². The summed E-state index contributed by atoms with van der Waals surface area (Å²) >= 11 is 0. The number of aryl methyl sites for hydroxylation is 1. The van der Waals surface area contributed by atoms with E-state index >= 15 is 0 Å². The van der Waals surface area contributed by atoms with Gasteiger partial charge in [-0.2, -0.15) is 0 Å². The van der Waals surface area contributed by atoms with Gasteiger partial charge in [0.05, 0.1) is 18.8 Å². The summed E-state index contributed by atoms with van der Waals surface area (Å²) in [6.45, 7) is 8.96. The average Bonchev–Trinajstić information content (AvgIpc) is 3.42. The third-order valence-electron chi connectivity index (χ3n) is 6.63. The van der Waals surface area contributed by atoms with Gasteiger partial charge in [-0.05, 0) is 62.1 Å². The first kappa shape index (κ1) is 25.0. The Morgan fingerprint density at radius 3 is 2.51 bits per heavy atom. The minimum Gasteiger partial charge on any atom is -0.379 e. The lowest BCUT2D eigenvalue weighted by atomic mass is 10.1. The van der Waals surface area contributed by atoms with Crippen molar-refractivity contribution >= 4 is 29.0 Å². The van der Waals surface area contributed by atoms with Crippen LogP contribution in [0.4, 0.5) is 21.9 Å². The van der Waals surface area contributed by atoms with E-state index in [-0.39, 0.29) is 11.9 Å². The summed E-state index contributed by atoms with van der Waals surface area (Å²) in [6.07, 6.45) is 3.97. The molecule has 0 atom stereocenters. The summed E-state index contributed by atoms with van der Waals surface area (Å²) in [6, 6.07) is 13.0. The highest BCUT2D eigenvalue weighted by Gasteiger charge is 2.21. The lowest BCUT2D eigenvalue weighted by Crippen LogP contribution is -2.38. The molecule has 2 aliphatic rings. The molecular weight excluding hydrogens is 442 g/mol. The molecule has 2 fully saturated rings. The van der Waals surface area contributed by atoms with E-state index in [0.29, 0.717) is 17.8 Å². The Kier molecular flexibility index (Phi) is 8.97. The minimum absolute atomic E-state index is 0.103. The van der Waals surface area contributed by atoms with Crippen molar-refractivity contribution in [3.05, 3.63) is 53.6 Å². The number of nitrogens with zero attached hydrogens (tertiary/aromatic N) is 2. The van der Waals surface area contributed by atoms with E-state index in [1.54, 1.807) is 6.07 Å². The molecule has 2 aromatic rings. The summed E-state index contributed by atoms with van der Waals surface area (Å²) in [5.41, 5.74) is 3.99. The molecule has 0 spiro atoms. The van der Waals surface area contributed by atoms with Crippen LogP contribution in [0.5, 0.6) is 0 Å². The number of hydrogen-bond acceptors (Lipinski definition) is 5. The highest BCUT2D eigenvalue weighted by Crippen LogP contribution is 2.28. The number of benzene rings is 2. The molecule has 8 nitrogen and oxygen atoms in total. The summed E-state index contributed by atoms with van der Waals surface area (Å²) in [4.78, 5) is 30.5. The molecular formula is C27H37N5O3. The maximum absolute atomic E-state index is 13.2. The van der Waals surface area contributed by atoms with Gasteiger partial charge in [-0.1, -0.05) is 25.1 Å². The first-order chi connectivity index (χ1) is 17.1. The number of urea groups is 1. The van der Waals surface area contributed by atoms with E-state index in [2.05, 4.69) is 32.7 Å². The van der Waals surface area contributed by atoms with Crippen LogP contribution in [-0.2, 0) is 11.2 Å². The Balaban J connectivity index is 1.40. The maximum atomic E-state index is 13.2. The zero-order chi connectivity index (χ0) is 24.5. The number of anilines is 3. The first-order valence-corrected chi connectivity index (χ1v) is 12.8. The molecule has 35 heavy (non-hydrogen) atoms. The summed E-state index contributed by atoms with van der Waals surface area (Å²) < 4.78 is 5.40. The lowest BCUT2D eigenvalue weighted by Gasteiger charge is -2.26. The van der Waals surface area contributed by atoms with Gasteiger partial charge < -0.3 is 25.6 Å². The fourth-order valence-corrected chi connectivity index (χ4v) is 4.69. The highest BCUT2D eigenvalue weighted by molar-refractivity contribution is 6.04. The normalized spacial score (nSPS) is 16.2. The maximum Gasteiger partial charge on any atom is 0.323 e. The van der Waals surface area contributed by atoms with Gasteiger partial charge in [0.2, 0.25) is 0 Å². The van der Waals surface area contributed by atoms with Crippen LogP contribution in [0, 0.1) is 0 Å². The molecule has 0 bridgehead atoms. The molecule has 0 saturated carbocycles. The van der Waals surface area contributed by atoms with E-state index in [4.69, 9.17) is 4.74 Å². The lowest BCUT2D eigenvalue weighted by molar-refractivity contribution is 0.0374. The topological polar surface area (TPSA) is 85.9 Å². The number of amides is 3. The van der Waals surface area contributed by atoms with E-state index in [1.807, 2.05) is 36.4 Å². The monoisotopic (exact) mass is 479 g/mol. The van der Waals surface area contributed by atoms with Crippen molar-refractivity contribution < 1.29 is 14.3 Å². The molecule has 8 heteroatoms. The van der Waals surface area contributed by atoms with Gasteiger partial charge in [-0.15, -0.1) is 0 Å². The minimum atomic E-state index is -0.323. The smallest absolute Gasteiger partial charge is 0.323 e. The SMILES string of the molecule is CCc1ccccc1NC(=O)Nc1ccc(N2CCCC2)c(C(=O)NCCCN2CCOCC2)c1. The predicted molar refractivity (Wildman–Crippen MR) is 141 cm³/mol. The van der Waals surface area contributed by atoms with Crippen molar-refractivity contribution in [1.82, 2.24) is 10.2 Å². The Bertz CT molecular complexity index is 1000. The van der Waals surface area contributed by atoms with Gasteiger partial charge in [0, 0.05) is 49.8 Å². The third kappa shape index (κ3) is 6.96. The van der Waals surface area contributed by atoms with Gasteiger partial charge in [-0.3, -0.25) is 9.69 Å². The predicted octanol–water partition coefficient (Wildman–Crippen LogP) is 3.95. The Labute approximate surface area is 208 Å². The van der Waals surface area contributed by atoms with Crippen LogP contribution < -0.4 is 20.9 Å². The van der Waals surface area contributed by atoms with Crippen molar-refractivity contribution in [2.24, 2.45) is 0 Å². The van der Waals surface area contributed by atoms with Gasteiger partial charge in [0.1, 0.15) is 0 Å². The fourth-order valence-electron chi connectivity index (χ4n) is 4.69. The van der Waals surface area contributed by atoms with Gasteiger partial charge >= 0.3 is 6.03 Å². The zero-order valence-corrected chi connectivity index (χ0v) is 20.6. The zero-order valence-electron chi connectivity index (χ0n) is 20.6. The van der Waals surface area contributed by atoms with E-state index in [0.717, 1.165) is 88.6 Å². The molecule has 4 rings (SSSR count). The molecule has 0 unspecified atom stereocenters. The van der Waals surface area contributed by atoms with Crippen molar-refractivity contribution in [2.45, 2.75) is 32.6 Å². The van der Waals surface area contributed by atoms with Gasteiger partial charge in [-0.25, -0.2) is 4.79 Å². The third-order valence-corrected chi connectivity index (χ3v) is 6.63. The number of ether oxygens (including phenoxy) is 1. The molecule has 0 radical (unpaired) electrons. The Morgan fingerprint density at radius 2 is 1.74 bits per heavy atom. The van der Waals surface area contributed by atoms with Crippen LogP contribution in [-0.4, -0.2) is 69.3 Å². The summed E-state index contributed by atoms with van der Waals surface area (Å²) in [5.74, 6) is -0.103. The standard InChI is InChI=1S/C27H37N5O3/c1-2-21-8-3-4-9-24(21)30-27(34)29-22-10-11-25(32-14-5-6-15-32)23(20-22)26(33)28-12-7-13-31-16-18-35-19-17-31/h3-4,8-11,20H,2,5-7,12-19H2,1H3,(H,28,33)(H2,29,30,34). The second-order valence-corrected chi connectivity index (χ2v) is 9.08. The van der Waals surface area contributed by atoms with Crippen LogP contribution in [0.15, 0.2) is 42.5 Å². The van der Waals surface area contributed by atoms with Crippen LogP contribution in [0.1, 0.15) is 42.1 Å². The number of rotatable bonds is 9. The quantitative estimate of drug-likeness (QED) is 0.474. The first-order valence-electron chi connectivity index (χ1n) is 12.8. The molecule has 0 aromatic heterocycles. The number of nitrogens with one attached hydrogen (secondary N) is 3. The largest absolute Gasteiger partial charge is 0.379 e. The average molecular weight is 480 g/mol. The molecule has 3 N–H and O–H groups in total. The number of morpholine rings is 1.